The van der Waals surface area contributed by atoms with Crippen LogP contribution in [-0.2, 0) is 6.67 Å². The van der Waals surface area contributed by atoms with Crippen molar-refractivity contribution in [3.05, 3.63) is 54.3 Å². The molecule has 1 N–H and O–H groups in total. The molecule has 0 amide bonds. The quantitative estimate of drug-likeness (QED) is 0.409. The third-order valence-electron chi connectivity index (χ3n) is 6.09. The largest absolute Gasteiger partial charge is 0.493 e. The summed E-state index contributed by atoms with van der Waals surface area (Å²) in [6.07, 6.45) is 0. The third kappa shape index (κ3) is 4.99. The topological polar surface area (TPSA) is 59.6 Å². The van der Waals surface area contributed by atoms with E-state index < -0.39 is 0 Å². The fourth-order valence-electron chi connectivity index (χ4n) is 4.16. The Labute approximate surface area is 198 Å². The van der Waals surface area contributed by atoms with E-state index in [1.807, 2.05) is 59.7 Å². The number of piperazine rings is 1. The van der Waals surface area contributed by atoms with Gasteiger partial charge in [-0.3, -0.25) is 9.47 Å². The van der Waals surface area contributed by atoms with Crippen molar-refractivity contribution >= 4 is 39.6 Å². The van der Waals surface area contributed by atoms with E-state index in [4.69, 9.17) is 12.2 Å². The van der Waals surface area contributed by atoms with Crippen LogP contribution in [0.2, 0.25) is 0 Å². The molecule has 2 heterocycles. The van der Waals surface area contributed by atoms with Crippen molar-refractivity contribution in [2.75, 3.05) is 44.2 Å². The first kappa shape index (κ1) is 23.1. The molecule has 1 aliphatic rings. The Kier molecular flexibility index (Phi) is 7.20. The minimum Gasteiger partial charge on any atom is -0.493 e. The first-order valence-electron chi connectivity index (χ1n) is 11.3. The Hall–Kier alpha value is -3.04. The molecule has 1 saturated heterocycles. The van der Waals surface area contributed by atoms with Crippen LogP contribution < -0.4 is 4.90 Å². The first-order valence-corrected chi connectivity index (χ1v) is 11.7. The van der Waals surface area contributed by atoms with E-state index in [1.165, 1.54) is 12.1 Å². The zero-order valence-electron chi connectivity index (χ0n) is 19.0. The maximum Gasteiger partial charge on any atom is 0.221 e. The van der Waals surface area contributed by atoms with Crippen LogP contribution >= 0.6 is 12.2 Å². The number of aromatic nitrogens is 1. The van der Waals surface area contributed by atoms with Gasteiger partial charge in [0.1, 0.15) is 5.82 Å². The van der Waals surface area contributed by atoms with Gasteiger partial charge in [-0.05, 0) is 56.4 Å². The van der Waals surface area contributed by atoms with Crippen LogP contribution in [-0.4, -0.2) is 63.9 Å². The number of hydrogen-bond acceptors (Lipinski definition) is 5. The summed E-state index contributed by atoms with van der Waals surface area (Å²) in [7, 11) is 0. The van der Waals surface area contributed by atoms with Gasteiger partial charge >= 0.3 is 0 Å². The highest BCUT2D eigenvalue weighted by Gasteiger charge is 2.22. The highest BCUT2D eigenvalue weighted by Crippen LogP contribution is 2.39. The highest BCUT2D eigenvalue weighted by molar-refractivity contribution is 7.80. The number of hydrogen-bond donors (Lipinski definition) is 1. The molecule has 7 nitrogen and oxygen atoms in total. The van der Waals surface area contributed by atoms with Crippen LogP contribution in [0.4, 0.5) is 15.8 Å². The van der Waals surface area contributed by atoms with Gasteiger partial charge in [-0.25, -0.2) is 4.39 Å². The predicted molar refractivity (Wildman–Crippen MR) is 134 cm³/mol. The van der Waals surface area contributed by atoms with E-state index >= 15 is 0 Å². The molecule has 0 atom stereocenters. The molecule has 1 aliphatic heterocycles. The second-order valence-corrected chi connectivity index (χ2v) is 8.36. The molecule has 3 aromatic rings. The molecule has 0 radical (unpaired) electrons. The Morgan fingerprint density at radius 2 is 1.70 bits per heavy atom. The summed E-state index contributed by atoms with van der Waals surface area (Å²) in [5.41, 5.74) is 2.36. The normalized spacial score (nSPS) is 14.9. The Morgan fingerprint density at radius 1 is 1.03 bits per heavy atom. The average Bonchev–Trinajstić information content (AvgIpc) is 3.10. The summed E-state index contributed by atoms with van der Waals surface area (Å²) in [5.74, 6) is -0.138. The number of thiocarbonyl (C=S) groups is 1. The minimum atomic E-state index is -0.224. The number of aromatic hydroxyl groups is 1. The summed E-state index contributed by atoms with van der Waals surface area (Å²) < 4.78 is 15.1. The van der Waals surface area contributed by atoms with Gasteiger partial charge in [-0.1, -0.05) is 18.2 Å². The SMILES string of the molecule is CCN(CC)C(=S)N=Nc1c(O)n(CN2CCN(c3ccc(F)cc3)CC2)c2ccccc12. The molecule has 1 aromatic heterocycles. The molecule has 174 valence electrons. The zero-order chi connectivity index (χ0) is 23.4. The van der Waals surface area contributed by atoms with E-state index in [9.17, 15) is 9.50 Å². The molecular weight excluding hydrogens is 439 g/mol. The lowest BCUT2D eigenvalue weighted by Crippen LogP contribution is -2.46. The van der Waals surface area contributed by atoms with E-state index in [0.717, 1.165) is 55.9 Å². The monoisotopic (exact) mass is 468 g/mol. The minimum absolute atomic E-state index is 0.0864. The van der Waals surface area contributed by atoms with E-state index in [0.29, 0.717) is 17.5 Å². The van der Waals surface area contributed by atoms with Crippen molar-refractivity contribution in [3.63, 3.8) is 0 Å². The van der Waals surface area contributed by atoms with Crippen molar-refractivity contribution < 1.29 is 9.50 Å². The lowest BCUT2D eigenvalue weighted by Gasteiger charge is -2.36. The van der Waals surface area contributed by atoms with E-state index in [1.54, 1.807) is 0 Å². The molecule has 9 heteroatoms. The van der Waals surface area contributed by atoms with Crippen LogP contribution in [0.3, 0.4) is 0 Å². The number of anilines is 1. The second kappa shape index (κ2) is 10.3. The summed E-state index contributed by atoms with van der Waals surface area (Å²) in [6.45, 7) is 9.40. The number of nitrogens with zero attached hydrogens (tertiary/aromatic N) is 6. The molecule has 0 bridgehead atoms. The van der Waals surface area contributed by atoms with Gasteiger partial charge < -0.3 is 14.9 Å². The lowest BCUT2D eigenvalue weighted by atomic mass is 10.2. The van der Waals surface area contributed by atoms with Gasteiger partial charge in [-0.2, -0.15) is 0 Å². The van der Waals surface area contributed by atoms with Crippen molar-refractivity contribution in [1.29, 1.82) is 0 Å². The molecule has 4 rings (SSSR count). The smallest absolute Gasteiger partial charge is 0.221 e. The number of rotatable bonds is 6. The lowest BCUT2D eigenvalue weighted by molar-refractivity contribution is 0.200. The fraction of sp³-hybridized carbons (Fsp3) is 0.375. The molecule has 0 unspecified atom stereocenters. The van der Waals surface area contributed by atoms with Crippen molar-refractivity contribution in [3.8, 4) is 5.88 Å². The zero-order valence-corrected chi connectivity index (χ0v) is 19.8. The highest BCUT2D eigenvalue weighted by atomic mass is 32.1. The standard InChI is InChI=1S/C24H29FN6OS/c1-3-29(4-2)24(33)27-26-22-20-7-5-6-8-21(20)31(23(22)32)17-28-13-15-30(16-14-28)19-11-9-18(25)10-12-19/h5-12,32H,3-4,13-17H2,1-2H3. The molecule has 2 aromatic carbocycles. The van der Waals surface area contributed by atoms with Crippen molar-refractivity contribution in [2.45, 2.75) is 20.5 Å². The van der Waals surface area contributed by atoms with Gasteiger partial charge in [0.15, 0.2) is 5.69 Å². The van der Waals surface area contributed by atoms with Crippen LogP contribution in [0.15, 0.2) is 58.8 Å². The summed E-state index contributed by atoms with van der Waals surface area (Å²) in [5, 5.41) is 20.9. The molecule has 0 saturated carbocycles. The van der Waals surface area contributed by atoms with Crippen LogP contribution in [0.5, 0.6) is 5.88 Å². The van der Waals surface area contributed by atoms with Crippen LogP contribution in [0, 0.1) is 5.82 Å². The van der Waals surface area contributed by atoms with Crippen LogP contribution in [0.25, 0.3) is 10.9 Å². The Morgan fingerprint density at radius 3 is 2.36 bits per heavy atom. The fourth-order valence-corrected chi connectivity index (χ4v) is 4.46. The maximum absolute atomic E-state index is 13.2. The summed E-state index contributed by atoms with van der Waals surface area (Å²) in [4.78, 5) is 6.47. The van der Waals surface area contributed by atoms with E-state index in [2.05, 4.69) is 20.0 Å². The van der Waals surface area contributed by atoms with Gasteiger partial charge in [0, 0.05) is 50.3 Å². The van der Waals surface area contributed by atoms with Crippen molar-refractivity contribution in [2.24, 2.45) is 10.2 Å². The molecular formula is C24H29FN6OS. The molecule has 1 fully saturated rings. The van der Waals surface area contributed by atoms with Gasteiger partial charge in [-0.15, -0.1) is 10.2 Å². The molecule has 33 heavy (non-hydrogen) atoms. The number of benzene rings is 2. The van der Waals surface area contributed by atoms with E-state index in [-0.39, 0.29) is 11.7 Å². The number of para-hydroxylation sites is 1. The summed E-state index contributed by atoms with van der Waals surface area (Å²) in [6, 6.07) is 14.4. The summed E-state index contributed by atoms with van der Waals surface area (Å²) >= 11 is 5.38. The van der Waals surface area contributed by atoms with Crippen LogP contribution in [0.1, 0.15) is 13.8 Å². The third-order valence-corrected chi connectivity index (χ3v) is 6.43. The Bertz CT molecular complexity index is 1130. The predicted octanol–water partition coefficient (Wildman–Crippen LogP) is 4.98. The Balaban J connectivity index is 1.51. The van der Waals surface area contributed by atoms with Gasteiger partial charge in [0.05, 0.1) is 12.2 Å². The number of fused-ring (bicyclic) bond motifs is 1. The molecule has 0 aliphatic carbocycles. The maximum atomic E-state index is 13.2. The average molecular weight is 469 g/mol. The van der Waals surface area contributed by atoms with Gasteiger partial charge in [0.2, 0.25) is 11.0 Å². The molecule has 0 spiro atoms. The number of azo groups is 1. The second-order valence-electron chi connectivity index (χ2n) is 8.00. The van der Waals surface area contributed by atoms with Crippen molar-refractivity contribution in [1.82, 2.24) is 14.4 Å². The first-order chi connectivity index (χ1) is 16.0. The number of halogens is 1. The van der Waals surface area contributed by atoms with Gasteiger partial charge in [0.25, 0.3) is 0 Å².